The number of para-hydroxylation sites is 2. The Hall–Kier alpha value is -7.94. The van der Waals surface area contributed by atoms with Gasteiger partial charge in [-0.05, 0) is 148 Å². The van der Waals surface area contributed by atoms with Crippen LogP contribution >= 0.6 is 0 Å². The average molecular weight is 857 g/mol. The summed E-state index contributed by atoms with van der Waals surface area (Å²) in [6.07, 6.45) is 10.5. The van der Waals surface area contributed by atoms with Gasteiger partial charge in [0.1, 0.15) is 11.2 Å². The maximum absolute atomic E-state index is 6.49. The molecule has 1 heterocycles. The second-order valence-corrected chi connectivity index (χ2v) is 19.4. The Labute approximate surface area is 390 Å². The van der Waals surface area contributed by atoms with Crippen molar-refractivity contribution in [1.82, 2.24) is 0 Å². The monoisotopic (exact) mass is 856 g/mol. The molecule has 0 amide bonds. The molecule has 3 aliphatic rings. The number of furan rings is 1. The summed E-state index contributed by atoms with van der Waals surface area (Å²) >= 11 is 0. The molecule has 0 aliphatic heterocycles. The molecule has 14 rings (SSSR count). The van der Waals surface area contributed by atoms with Crippen molar-refractivity contribution in [2.24, 2.45) is 5.92 Å². The number of nitrogens with zero attached hydrogens (tertiary/aromatic N) is 1. The van der Waals surface area contributed by atoms with Crippen LogP contribution in [0.2, 0.25) is 0 Å². The second kappa shape index (κ2) is 14.5. The summed E-state index contributed by atoms with van der Waals surface area (Å²) in [4.78, 5) is 2.56. The van der Waals surface area contributed by atoms with Crippen LogP contribution in [0, 0.1) is 12.3 Å². The maximum Gasteiger partial charge on any atom is 0.143 e. The fourth-order valence-electron chi connectivity index (χ4n) is 11.7. The molecule has 3 aliphatic carbocycles. The summed E-state index contributed by atoms with van der Waals surface area (Å²) in [6.45, 7) is 5.66. The van der Waals surface area contributed by atoms with Gasteiger partial charge in [0.25, 0.3) is 0 Å². The smallest absolute Gasteiger partial charge is 0.143 e. The number of hydrogen-bond donors (Lipinski definition) is 0. The molecule has 1 radical (unpaired) electrons. The van der Waals surface area contributed by atoms with Crippen LogP contribution in [0.1, 0.15) is 48.1 Å². The molecule has 11 aromatic rings. The van der Waals surface area contributed by atoms with Gasteiger partial charge in [0.15, 0.2) is 0 Å². The van der Waals surface area contributed by atoms with Gasteiger partial charge in [-0.25, -0.2) is 0 Å². The van der Waals surface area contributed by atoms with Gasteiger partial charge in [-0.15, -0.1) is 0 Å². The molecule has 10 aromatic carbocycles. The zero-order valence-corrected chi connectivity index (χ0v) is 37.6. The number of benzene rings is 10. The van der Waals surface area contributed by atoms with Gasteiger partial charge in [-0.1, -0.05) is 178 Å². The molecule has 0 fully saturated rings. The molecule has 1 unspecified atom stereocenters. The molecule has 2 nitrogen and oxygen atoms in total. The SMILES string of the molecule is CC1(C)c2cc(-c3ccc4c5c(c6ccccc6c4c3)[CH]5)ccc2-c2ccc(N(CC3C=C(c4cccc5ccccc45)C=CC3)c3ccc(-c4cccc5c4oc4ccccc45)cc3)cc21. The van der Waals surface area contributed by atoms with Crippen molar-refractivity contribution in [3.63, 3.8) is 0 Å². The Morgan fingerprint density at radius 1 is 0.493 bits per heavy atom. The predicted molar refractivity (Wildman–Crippen MR) is 282 cm³/mol. The van der Waals surface area contributed by atoms with Crippen molar-refractivity contribution < 1.29 is 4.42 Å². The molecular weight excluding hydrogens is 811 g/mol. The van der Waals surface area contributed by atoms with E-state index in [9.17, 15) is 0 Å². The number of rotatable bonds is 7. The molecule has 317 valence electrons. The van der Waals surface area contributed by atoms with Gasteiger partial charge in [0.2, 0.25) is 0 Å². The fraction of sp³-hybridized carbons (Fsp3) is 0.0923. The van der Waals surface area contributed by atoms with Crippen LogP contribution in [0.15, 0.2) is 211 Å². The molecule has 0 bridgehead atoms. The highest BCUT2D eigenvalue weighted by Gasteiger charge is 2.36. The largest absolute Gasteiger partial charge is 0.455 e. The highest BCUT2D eigenvalue weighted by Crippen LogP contribution is 2.52. The third-order valence-corrected chi connectivity index (χ3v) is 15.2. The molecular formula is C65H46NO. The van der Waals surface area contributed by atoms with Gasteiger partial charge in [-0.3, -0.25) is 0 Å². The van der Waals surface area contributed by atoms with Crippen molar-refractivity contribution >= 4 is 71.2 Å². The van der Waals surface area contributed by atoms with Gasteiger partial charge < -0.3 is 9.32 Å². The van der Waals surface area contributed by atoms with E-state index in [4.69, 9.17) is 4.42 Å². The fourth-order valence-corrected chi connectivity index (χ4v) is 11.7. The van der Waals surface area contributed by atoms with Crippen molar-refractivity contribution in [3.05, 3.63) is 241 Å². The Balaban J connectivity index is 0.847. The van der Waals surface area contributed by atoms with Crippen LogP contribution in [0.5, 0.6) is 0 Å². The van der Waals surface area contributed by atoms with E-state index in [1.165, 1.54) is 99.3 Å². The molecule has 0 saturated heterocycles. The van der Waals surface area contributed by atoms with E-state index in [-0.39, 0.29) is 5.41 Å². The third-order valence-electron chi connectivity index (χ3n) is 15.2. The minimum Gasteiger partial charge on any atom is -0.455 e. The van der Waals surface area contributed by atoms with Gasteiger partial charge >= 0.3 is 0 Å². The van der Waals surface area contributed by atoms with E-state index < -0.39 is 0 Å². The Bertz CT molecular complexity index is 3930. The van der Waals surface area contributed by atoms with Crippen molar-refractivity contribution in [2.75, 3.05) is 11.4 Å². The second-order valence-electron chi connectivity index (χ2n) is 19.4. The normalized spacial score (nSPS) is 15.6. The summed E-state index contributed by atoms with van der Waals surface area (Å²) in [5.74, 6) is 0.299. The minimum absolute atomic E-state index is 0.198. The number of anilines is 2. The van der Waals surface area contributed by atoms with E-state index >= 15 is 0 Å². The van der Waals surface area contributed by atoms with Gasteiger partial charge in [0, 0.05) is 46.1 Å². The van der Waals surface area contributed by atoms with Crippen LogP contribution in [0.3, 0.4) is 0 Å². The van der Waals surface area contributed by atoms with E-state index in [0.29, 0.717) is 5.92 Å². The van der Waals surface area contributed by atoms with E-state index in [1.54, 1.807) is 0 Å². The Kier molecular flexibility index (Phi) is 8.31. The van der Waals surface area contributed by atoms with Crippen LogP contribution in [-0.2, 0) is 5.41 Å². The lowest BCUT2D eigenvalue weighted by atomic mass is 9.81. The molecule has 1 aromatic heterocycles. The first-order chi connectivity index (χ1) is 32.9. The summed E-state index contributed by atoms with van der Waals surface area (Å²) in [7, 11) is 0. The summed E-state index contributed by atoms with van der Waals surface area (Å²) in [6, 6.07) is 69.7. The Morgan fingerprint density at radius 2 is 1.12 bits per heavy atom. The first-order valence-corrected chi connectivity index (χ1v) is 23.7. The lowest BCUT2D eigenvalue weighted by Gasteiger charge is -2.31. The minimum atomic E-state index is -0.198. The molecule has 67 heavy (non-hydrogen) atoms. The average Bonchev–Trinajstić information content (AvgIpc) is 4.06. The van der Waals surface area contributed by atoms with E-state index in [1.807, 2.05) is 6.07 Å². The number of allylic oxidation sites excluding steroid dienone is 3. The molecule has 2 heteroatoms. The van der Waals surface area contributed by atoms with E-state index in [0.717, 1.165) is 46.0 Å². The van der Waals surface area contributed by atoms with Crippen molar-refractivity contribution in [3.8, 4) is 33.4 Å². The highest BCUT2D eigenvalue weighted by atomic mass is 16.3. The van der Waals surface area contributed by atoms with Crippen LogP contribution in [-0.4, -0.2) is 6.54 Å². The lowest BCUT2D eigenvalue weighted by Crippen LogP contribution is -2.25. The number of fused-ring (bicyclic) bond motifs is 13. The zero-order chi connectivity index (χ0) is 44.4. The van der Waals surface area contributed by atoms with E-state index in [2.05, 4.69) is 225 Å². The van der Waals surface area contributed by atoms with Crippen LogP contribution in [0.4, 0.5) is 11.4 Å². The standard InChI is InChI=1S/C65H46NO/c1-65(2)61-36-44(43-26-31-53-58(35-43)51-17-5-6-18-52(51)59-38-60(53)59)27-32-54(61)55-33-30-47(37-62(55)65)66(39-40-12-9-15-45(34-40)49-20-10-14-41-13-3-4-16-48(41)49)46-28-24-42(25-29-46)50-21-11-22-57-56-19-7-8-23-63(56)67-64(50)57/h3-11,13-38,40H,12,39H2,1-2H3. The molecule has 0 N–H and O–H groups in total. The first kappa shape index (κ1) is 38.3. The quantitative estimate of drug-likeness (QED) is 0.149. The van der Waals surface area contributed by atoms with Gasteiger partial charge in [-0.2, -0.15) is 0 Å². The summed E-state index contributed by atoms with van der Waals surface area (Å²) < 4.78 is 6.49. The molecule has 0 spiro atoms. The van der Waals surface area contributed by atoms with Gasteiger partial charge in [0.05, 0.1) is 0 Å². The van der Waals surface area contributed by atoms with Crippen LogP contribution in [0.25, 0.3) is 93.2 Å². The third kappa shape index (κ3) is 6.02. The Morgan fingerprint density at radius 3 is 1.99 bits per heavy atom. The lowest BCUT2D eigenvalue weighted by molar-refractivity contribution is 0.652. The van der Waals surface area contributed by atoms with Crippen LogP contribution < -0.4 is 4.90 Å². The molecule has 1 atom stereocenters. The highest BCUT2D eigenvalue weighted by molar-refractivity contribution is 6.17. The predicted octanol–water partition coefficient (Wildman–Crippen LogP) is 17.4. The zero-order valence-electron chi connectivity index (χ0n) is 37.6. The summed E-state index contributed by atoms with van der Waals surface area (Å²) in [5.41, 5.74) is 19.6. The topological polar surface area (TPSA) is 16.4 Å². The molecule has 0 saturated carbocycles. The number of hydrogen-bond acceptors (Lipinski definition) is 2. The van der Waals surface area contributed by atoms with Crippen molar-refractivity contribution in [1.29, 1.82) is 0 Å². The first-order valence-electron chi connectivity index (χ1n) is 23.7. The maximum atomic E-state index is 6.49. The summed E-state index contributed by atoms with van der Waals surface area (Å²) in [5, 5.41) is 10.2. The van der Waals surface area contributed by atoms with Crippen molar-refractivity contribution in [2.45, 2.75) is 25.7 Å².